The van der Waals surface area contributed by atoms with Gasteiger partial charge in [-0.3, -0.25) is 0 Å². The van der Waals surface area contributed by atoms with Crippen molar-refractivity contribution in [1.29, 1.82) is 0 Å². The van der Waals surface area contributed by atoms with Crippen molar-refractivity contribution in [3.8, 4) is 0 Å². The zero-order valence-corrected chi connectivity index (χ0v) is 7.34. The van der Waals surface area contributed by atoms with Gasteiger partial charge in [0.2, 0.25) is 6.39 Å². The van der Waals surface area contributed by atoms with Crippen LogP contribution in [0.25, 0.3) is 0 Å². The van der Waals surface area contributed by atoms with Gasteiger partial charge in [-0.15, -0.1) is 0 Å². The zero-order valence-electron chi connectivity index (χ0n) is 6.59. The molecular formula is C7H10ClN3O. The molecule has 1 heterocycles. The molecular weight excluding hydrogens is 178 g/mol. The summed E-state index contributed by atoms with van der Waals surface area (Å²) in [6.45, 7) is 4.92. The van der Waals surface area contributed by atoms with Gasteiger partial charge in [0.05, 0.1) is 0 Å². The van der Waals surface area contributed by atoms with Crippen LogP contribution in [0.15, 0.2) is 22.5 Å². The lowest BCUT2D eigenvalue weighted by Crippen LogP contribution is -2.18. The predicted molar refractivity (Wildman–Crippen MR) is 45.9 cm³/mol. The summed E-state index contributed by atoms with van der Waals surface area (Å²) in [6, 6.07) is 0. The number of hydrogen-bond donors (Lipinski definition) is 1. The van der Waals surface area contributed by atoms with Crippen LogP contribution in [0.1, 0.15) is 5.82 Å². The maximum atomic E-state index is 5.53. The third-order valence-corrected chi connectivity index (χ3v) is 1.38. The molecule has 0 fully saturated rings. The van der Waals surface area contributed by atoms with Crippen molar-refractivity contribution in [2.75, 3.05) is 13.1 Å². The highest BCUT2D eigenvalue weighted by atomic mass is 35.5. The Bertz CT molecular complexity index is 235. The van der Waals surface area contributed by atoms with Crippen LogP contribution in [-0.2, 0) is 6.42 Å². The average Bonchev–Trinajstić information content (AvgIpc) is 2.49. The summed E-state index contributed by atoms with van der Waals surface area (Å²) in [5, 5.41) is 7.32. The molecule has 0 aromatic carbocycles. The van der Waals surface area contributed by atoms with E-state index in [0.717, 1.165) is 13.0 Å². The van der Waals surface area contributed by atoms with Crippen LogP contribution < -0.4 is 5.32 Å². The molecule has 1 aromatic heterocycles. The van der Waals surface area contributed by atoms with Gasteiger partial charge in [-0.05, 0) is 0 Å². The third kappa shape index (κ3) is 3.50. The summed E-state index contributed by atoms with van der Waals surface area (Å²) in [7, 11) is 0. The van der Waals surface area contributed by atoms with Crippen LogP contribution in [0.4, 0.5) is 0 Å². The van der Waals surface area contributed by atoms with Crippen molar-refractivity contribution < 1.29 is 4.52 Å². The highest BCUT2D eigenvalue weighted by Gasteiger charge is 1.96. The first-order valence-electron chi connectivity index (χ1n) is 3.58. The van der Waals surface area contributed by atoms with E-state index < -0.39 is 0 Å². The first-order valence-corrected chi connectivity index (χ1v) is 3.96. The van der Waals surface area contributed by atoms with Crippen molar-refractivity contribution in [2.24, 2.45) is 0 Å². The molecule has 0 aliphatic heterocycles. The molecule has 0 radical (unpaired) electrons. The summed E-state index contributed by atoms with van der Waals surface area (Å²) in [5.41, 5.74) is 0. The van der Waals surface area contributed by atoms with Gasteiger partial charge in [-0.2, -0.15) is 4.98 Å². The number of halogens is 1. The van der Waals surface area contributed by atoms with Crippen molar-refractivity contribution in [3.63, 3.8) is 0 Å². The van der Waals surface area contributed by atoms with E-state index >= 15 is 0 Å². The van der Waals surface area contributed by atoms with Crippen LogP contribution >= 0.6 is 11.6 Å². The SMILES string of the molecule is C=C(Cl)CNCCc1ncon1. The number of nitrogens with zero attached hydrogens (tertiary/aromatic N) is 2. The van der Waals surface area contributed by atoms with Crippen LogP contribution in [-0.4, -0.2) is 23.2 Å². The first-order chi connectivity index (χ1) is 5.79. The first kappa shape index (κ1) is 9.22. The van der Waals surface area contributed by atoms with E-state index in [0.29, 0.717) is 17.4 Å². The Hall–Kier alpha value is -0.870. The van der Waals surface area contributed by atoms with Gasteiger partial charge >= 0.3 is 0 Å². The molecule has 0 saturated heterocycles. The van der Waals surface area contributed by atoms with Gasteiger partial charge in [0.15, 0.2) is 5.82 Å². The summed E-state index contributed by atoms with van der Waals surface area (Å²) < 4.78 is 4.56. The minimum atomic E-state index is 0.600. The fourth-order valence-electron chi connectivity index (χ4n) is 0.727. The second kappa shape index (κ2) is 4.90. The molecule has 1 N–H and O–H groups in total. The normalized spacial score (nSPS) is 10.1. The summed E-state index contributed by atoms with van der Waals surface area (Å²) in [5.74, 6) is 0.697. The lowest BCUT2D eigenvalue weighted by atomic mass is 10.4. The molecule has 0 bridgehead atoms. The minimum absolute atomic E-state index is 0.600. The molecule has 0 saturated carbocycles. The Morgan fingerprint density at radius 2 is 2.58 bits per heavy atom. The van der Waals surface area contributed by atoms with E-state index in [1.165, 1.54) is 6.39 Å². The largest absolute Gasteiger partial charge is 0.343 e. The molecule has 1 rings (SSSR count). The predicted octanol–water partition coefficient (Wildman–Crippen LogP) is 0.954. The Kier molecular flexibility index (Phi) is 3.76. The van der Waals surface area contributed by atoms with E-state index in [9.17, 15) is 0 Å². The molecule has 12 heavy (non-hydrogen) atoms. The Morgan fingerprint density at radius 1 is 1.75 bits per heavy atom. The number of nitrogens with one attached hydrogen (secondary N) is 1. The highest BCUT2D eigenvalue weighted by molar-refractivity contribution is 6.29. The van der Waals surface area contributed by atoms with Crippen molar-refractivity contribution >= 4 is 11.6 Å². The Morgan fingerprint density at radius 3 is 3.17 bits per heavy atom. The topological polar surface area (TPSA) is 51.0 Å². The quantitative estimate of drug-likeness (QED) is 0.698. The van der Waals surface area contributed by atoms with E-state index in [4.69, 9.17) is 11.6 Å². The molecule has 1 aromatic rings. The van der Waals surface area contributed by atoms with Crippen molar-refractivity contribution in [2.45, 2.75) is 6.42 Å². The van der Waals surface area contributed by atoms with Crippen LogP contribution in [0.2, 0.25) is 0 Å². The summed E-state index contributed by atoms with van der Waals surface area (Å²) in [4.78, 5) is 3.86. The van der Waals surface area contributed by atoms with Crippen molar-refractivity contribution in [3.05, 3.63) is 23.8 Å². The lowest BCUT2D eigenvalue weighted by molar-refractivity contribution is 0.409. The van der Waals surface area contributed by atoms with Gasteiger partial charge in [0.1, 0.15) is 0 Å². The Labute approximate surface area is 75.6 Å². The fourth-order valence-corrected chi connectivity index (χ4v) is 0.821. The molecule has 0 amide bonds. The molecule has 4 nitrogen and oxygen atoms in total. The number of aromatic nitrogens is 2. The zero-order chi connectivity index (χ0) is 8.81. The van der Waals surface area contributed by atoms with Gasteiger partial charge in [0, 0.05) is 24.5 Å². The minimum Gasteiger partial charge on any atom is -0.343 e. The summed E-state index contributed by atoms with van der Waals surface area (Å²) >= 11 is 5.53. The molecule has 0 atom stereocenters. The van der Waals surface area contributed by atoms with E-state index in [-0.39, 0.29) is 0 Å². The average molecular weight is 188 g/mol. The number of hydrogen-bond acceptors (Lipinski definition) is 4. The maximum absolute atomic E-state index is 5.53. The van der Waals surface area contributed by atoms with Crippen molar-refractivity contribution in [1.82, 2.24) is 15.5 Å². The Balaban J connectivity index is 2.07. The molecule has 0 aliphatic rings. The molecule has 0 spiro atoms. The highest BCUT2D eigenvalue weighted by Crippen LogP contribution is 1.93. The monoisotopic (exact) mass is 187 g/mol. The number of rotatable bonds is 5. The maximum Gasteiger partial charge on any atom is 0.213 e. The standard InChI is InChI=1S/C7H10ClN3O/c1-6(8)4-9-3-2-7-10-5-12-11-7/h5,9H,1-4H2. The van der Waals surface area contributed by atoms with Crippen LogP contribution in [0, 0.1) is 0 Å². The molecule has 0 aliphatic carbocycles. The molecule has 0 unspecified atom stereocenters. The lowest BCUT2D eigenvalue weighted by Gasteiger charge is -1.98. The second-order valence-electron chi connectivity index (χ2n) is 2.29. The van der Waals surface area contributed by atoms with E-state index in [1.54, 1.807) is 0 Å². The smallest absolute Gasteiger partial charge is 0.213 e. The fraction of sp³-hybridized carbons (Fsp3) is 0.429. The van der Waals surface area contributed by atoms with Gasteiger partial charge < -0.3 is 9.84 Å². The van der Waals surface area contributed by atoms with Crippen LogP contribution in [0.5, 0.6) is 0 Å². The summed E-state index contributed by atoms with van der Waals surface area (Å²) in [6.07, 6.45) is 2.05. The molecule has 66 valence electrons. The van der Waals surface area contributed by atoms with E-state index in [1.807, 2.05) is 0 Å². The molecule has 5 heteroatoms. The van der Waals surface area contributed by atoms with E-state index in [2.05, 4.69) is 26.6 Å². The second-order valence-corrected chi connectivity index (χ2v) is 2.83. The van der Waals surface area contributed by atoms with Crippen LogP contribution in [0.3, 0.4) is 0 Å². The van der Waals surface area contributed by atoms with Gasteiger partial charge in [-0.1, -0.05) is 23.3 Å². The van der Waals surface area contributed by atoms with Gasteiger partial charge in [0.25, 0.3) is 0 Å². The third-order valence-electron chi connectivity index (χ3n) is 1.25. The van der Waals surface area contributed by atoms with Gasteiger partial charge in [-0.25, -0.2) is 0 Å².